The number of anilines is 1. The van der Waals surface area contributed by atoms with E-state index in [4.69, 9.17) is 5.73 Å². The van der Waals surface area contributed by atoms with Crippen LogP contribution in [0.15, 0.2) is 35.0 Å². The maximum atomic E-state index is 12.5. The van der Waals surface area contributed by atoms with Crippen LogP contribution in [0.25, 0.3) is 0 Å². The molecule has 0 atom stereocenters. The Labute approximate surface area is 115 Å². The number of aromatic nitrogens is 1. The van der Waals surface area contributed by atoms with Gasteiger partial charge >= 0.3 is 0 Å². The molecule has 2 heterocycles. The first-order valence-corrected chi connectivity index (χ1v) is 7.23. The van der Waals surface area contributed by atoms with Crippen molar-refractivity contribution >= 4 is 23.1 Å². The lowest BCUT2D eigenvalue weighted by molar-refractivity contribution is 0.0724. The zero-order chi connectivity index (χ0) is 13.2. The van der Waals surface area contributed by atoms with Gasteiger partial charge in [0.25, 0.3) is 5.91 Å². The van der Waals surface area contributed by atoms with Gasteiger partial charge < -0.3 is 10.6 Å². The van der Waals surface area contributed by atoms with Gasteiger partial charge in [-0.3, -0.25) is 4.79 Å². The summed E-state index contributed by atoms with van der Waals surface area (Å²) in [5.41, 5.74) is 7.25. The van der Waals surface area contributed by atoms with Crippen LogP contribution < -0.4 is 5.73 Å². The first-order valence-electron chi connectivity index (χ1n) is 6.28. The van der Waals surface area contributed by atoms with Gasteiger partial charge in [-0.1, -0.05) is 6.07 Å². The van der Waals surface area contributed by atoms with E-state index in [1.54, 1.807) is 29.5 Å². The summed E-state index contributed by atoms with van der Waals surface area (Å²) < 4.78 is 0. The number of amides is 1. The summed E-state index contributed by atoms with van der Waals surface area (Å²) >= 11 is 1.65. The molecule has 0 unspecified atom stereocenters. The fraction of sp³-hybridized carbons (Fsp3) is 0.286. The molecule has 3 rings (SSSR count). The summed E-state index contributed by atoms with van der Waals surface area (Å²) in [6.07, 6.45) is 2.16. The van der Waals surface area contributed by atoms with Crippen molar-refractivity contribution in [2.45, 2.75) is 25.4 Å². The summed E-state index contributed by atoms with van der Waals surface area (Å²) in [5.74, 6) is 0.359. The number of rotatable bonds is 4. The molecule has 0 spiro atoms. The van der Waals surface area contributed by atoms with E-state index in [1.807, 2.05) is 10.3 Å². The fourth-order valence-electron chi connectivity index (χ4n) is 2.05. The Morgan fingerprint density at radius 1 is 1.42 bits per heavy atom. The van der Waals surface area contributed by atoms with Crippen LogP contribution in [0.3, 0.4) is 0 Å². The number of pyridine rings is 1. The van der Waals surface area contributed by atoms with E-state index in [0.717, 1.165) is 12.8 Å². The Hall–Kier alpha value is -1.88. The number of carbonyl (C=O) groups excluding carboxylic acids is 1. The Kier molecular flexibility index (Phi) is 3.21. The van der Waals surface area contributed by atoms with E-state index < -0.39 is 0 Å². The van der Waals surface area contributed by atoms with Gasteiger partial charge in [0.2, 0.25) is 0 Å². The lowest BCUT2D eigenvalue weighted by Crippen LogP contribution is -2.33. The molecule has 0 saturated heterocycles. The summed E-state index contributed by atoms with van der Waals surface area (Å²) in [7, 11) is 0. The Balaban J connectivity index is 1.82. The smallest absolute Gasteiger partial charge is 0.273 e. The molecule has 1 saturated carbocycles. The van der Waals surface area contributed by atoms with Gasteiger partial charge in [0.1, 0.15) is 11.5 Å². The molecular formula is C14H15N3OS. The minimum atomic E-state index is -0.0269. The van der Waals surface area contributed by atoms with Crippen LogP contribution >= 0.6 is 11.3 Å². The van der Waals surface area contributed by atoms with Crippen LogP contribution in [0.4, 0.5) is 5.82 Å². The maximum absolute atomic E-state index is 12.5. The quantitative estimate of drug-likeness (QED) is 0.931. The average molecular weight is 273 g/mol. The molecule has 0 aromatic carbocycles. The average Bonchev–Trinajstić information content (AvgIpc) is 3.12. The van der Waals surface area contributed by atoms with Crippen molar-refractivity contribution in [1.29, 1.82) is 0 Å². The molecule has 0 radical (unpaired) electrons. The molecule has 0 aliphatic heterocycles. The largest absolute Gasteiger partial charge is 0.384 e. The lowest BCUT2D eigenvalue weighted by Gasteiger charge is -2.21. The second-order valence-corrected chi connectivity index (χ2v) is 5.52. The molecule has 98 valence electrons. The van der Waals surface area contributed by atoms with Gasteiger partial charge in [-0.15, -0.1) is 0 Å². The second kappa shape index (κ2) is 5.01. The number of nitrogens with zero attached hydrogens (tertiary/aromatic N) is 2. The molecule has 0 bridgehead atoms. The van der Waals surface area contributed by atoms with Gasteiger partial charge in [-0.25, -0.2) is 4.98 Å². The molecule has 1 aliphatic carbocycles. The van der Waals surface area contributed by atoms with Crippen LogP contribution in [-0.2, 0) is 6.54 Å². The van der Waals surface area contributed by atoms with Crippen LogP contribution in [-0.4, -0.2) is 21.8 Å². The van der Waals surface area contributed by atoms with E-state index in [0.29, 0.717) is 24.1 Å². The number of nitrogen functional groups attached to an aromatic ring is 1. The molecule has 2 aromatic rings. The van der Waals surface area contributed by atoms with Gasteiger partial charge in [0.15, 0.2) is 0 Å². The molecule has 1 aliphatic rings. The summed E-state index contributed by atoms with van der Waals surface area (Å²) in [6, 6.07) is 7.60. The normalized spacial score (nSPS) is 14.3. The van der Waals surface area contributed by atoms with Gasteiger partial charge in [0, 0.05) is 12.6 Å². The third kappa shape index (κ3) is 2.76. The molecule has 5 heteroatoms. The summed E-state index contributed by atoms with van der Waals surface area (Å²) in [4.78, 5) is 18.5. The monoisotopic (exact) mass is 273 g/mol. The maximum Gasteiger partial charge on any atom is 0.273 e. The Morgan fingerprint density at radius 2 is 2.26 bits per heavy atom. The third-order valence-corrected chi connectivity index (χ3v) is 3.90. The van der Waals surface area contributed by atoms with Crippen molar-refractivity contribution in [2.24, 2.45) is 0 Å². The highest BCUT2D eigenvalue weighted by Crippen LogP contribution is 2.30. The minimum Gasteiger partial charge on any atom is -0.384 e. The second-order valence-electron chi connectivity index (χ2n) is 4.74. The molecular weight excluding hydrogens is 258 g/mol. The highest BCUT2D eigenvalue weighted by atomic mass is 32.1. The van der Waals surface area contributed by atoms with E-state index in [2.05, 4.69) is 16.4 Å². The highest BCUT2D eigenvalue weighted by molar-refractivity contribution is 7.07. The van der Waals surface area contributed by atoms with Crippen molar-refractivity contribution < 1.29 is 4.79 Å². The van der Waals surface area contributed by atoms with E-state index in [1.165, 1.54) is 5.56 Å². The number of nitrogens with two attached hydrogens (primary N) is 1. The number of carbonyl (C=O) groups is 1. The van der Waals surface area contributed by atoms with E-state index in [-0.39, 0.29) is 5.91 Å². The SMILES string of the molecule is Nc1cccc(C(=O)N(Cc2ccsc2)C2CC2)n1. The summed E-state index contributed by atoms with van der Waals surface area (Å²) in [5, 5.41) is 4.11. The Morgan fingerprint density at radius 3 is 2.89 bits per heavy atom. The molecule has 1 fully saturated rings. The van der Waals surface area contributed by atoms with Crippen molar-refractivity contribution in [3.63, 3.8) is 0 Å². The van der Waals surface area contributed by atoms with Crippen molar-refractivity contribution in [3.8, 4) is 0 Å². The molecule has 4 nitrogen and oxygen atoms in total. The minimum absolute atomic E-state index is 0.0269. The molecule has 2 aromatic heterocycles. The van der Waals surface area contributed by atoms with Crippen LogP contribution in [0, 0.1) is 0 Å². The predicted molar refractivity (Wildman–Crippen MR) is 75.9 cm³/mol. The van der Waals surface area contributed by atoms with Gasteiger partial charge in [0.05, 0.1) is 0 Å². The lowest BCUT2D eigenvalue weighted by atomic mass is 10.2. The van der Waals surface area contributed by atoms with Crippen LogP contribution in [0.2, 0.25) is 0 Å². The van der Waals surface area contributed by atoms with E-state index in [9.17, 15) is 4.79 Å². The molecule has 1 amide bonds. The van der Waals surface area contributed by atoms with Crippen molar-refractivity contribution in [1.82, 2.24) is 9.88 Å². The van der Waals surface area contributed by atoms with Crippen LogP contribution in [0.1, 0.15) is 28.9 Å². The van der Waals surface area contributed by atoms with Crippen LogP contribution in [0.5, 0.6) is 0 Å². The zero-order valence-corrected chi connectivity index (χ0v) is 11.3. The zero-order valence-electron chi connectivity index (χ0n) is 10.5. The number of hydrogen-bond donors (Lipinski definition) is 1. The summed E-state index contributed by atoms with van der Waals surface area (Å²) in [6.45, 7) is 0.656. The Bertz CT molecular complexity index is 578. The topological polar surface area (TPSA) is 59.2 Å². The molecule has 2 N–H and O–H groups in total. The third-order valence-electron chi connectivity index (χ3n) is 3.17. The van der Waals surface area contributed by atoms with Crippen molar-refractivity contribution in [2.75, 3.05) is 5.73 Å². The van der Waals surface area contributed by atoms with Gasteiger partial charge in [-0.05, 0) is 47.4 Å². The predicted octanol–water partition coefficient (Wildman–Crippen LogP) is 2.53. The van der Waals surface area contributed by atoms with Gasteiger partial charge in [-0.2, -0.15) is 11.3 Å². The highest BCUT2D eigenvalue weighted by Gasteiger charge is 2.33. The first kappa shape index (κ1) is 12.2. The first-order chi connectivity index (χ1) is 9.24. The number of thiophene rings is 1. The van der Waals surface area contributed by atoms with Crippen molar-refractivity contribution in [3.05, 3.63) is 46.3 Å². The number of hydrogen-bond acceptors (Lipinski definition) is 4. The molecule has 19 heavy (non-hydrogen) atoms. The standard InChI is InChI=1S/C14H15N3OS/c15-13-3-1-2-12(16-13)14(18)17(11-4-5-11)8-10-6-7-19-9-10/h1-3,6-7,9,11H,4-5,8H2,(H2,15,16). The van der Waals surface area contributed by atoms with E-state index >= 15 is 0 Å². The fourth-order valence-corrected chi connectivity index (χ4v) is 2.71.